The topological polar surface area (TPSA) is 63.1 Å². The molecule has 0 radical (unpaired) electrons. The van der Waals surface area contributed by atoms with Gasteiger partial charge in [0.1, 0.15) is 0 Å². The average Bonchev–Trinajstić information content (AvgIpc) is 3.33. The van der Waals surface area contributed by atoms with Crippen molar-refractivity contribution in [3.8, 4) is 5.82 Å². The van der Waals surface area contributed by atoms with E-state index in [1.165, 1.54) is 18.4 Å². The van der Waals surface area contributed by atoms with Crippen molar-refractivity contribution in [2.75, 3.05) is 13.1 Å². The van der Waals surface area contributed by atoms with Crippen LogP contribution in [0.25, 0.3) is 5.82 Å². The van der Waals surface area contributed by atoms with Gasteiger partial charge in [-0.2, -0.15) is 5.10 Å². The Morgan fingerprint density at radius 2 is 2.12 bits per heavy atom. The van der Waals surface area contributed by atoms with Crippen molar-refractivity contribution in [2.24, 2.45) is 5.92 Å². The van der Waals surface area contributed by atoms with E-state index in [4.69, 9.17) is 0 Å². The number of pyridine rings is 1. The number of carbonyl (C=O) groups is 1. The second kappa shape index (κ2) is 6.59. The smallest absolute Gasteiger partial charge is 0.223 e. The largest absolute Gasteiger partial charge is 0.339 e. The molecule has 0 spiro atoms. The first-order valence-corrected chi connectivity index (χ1v) is 9.10. The van der Waals surface area contributed by atoms with Crippen LogP contribution in [0.3, 0.4) is 0 Å². The molecular weight excluding hydrogens is 314 g/mol. The second-order valence-corrected chi connectivity index (χ2v) is 7.23. The third kappa shape index (κ3) is 3.31. The van der Waals surface area contributed by atoms with Gasteiger partial charge in [-0.15, -0.1) is 0 Å². The van der Waals surface area contributed by atoms with E-state index in [0.29, 0.717) is 24.3 Å². The summed E-state index contributed by atoms with van der Waals surface area (Å²) in [7, 11) is 0. The van der Waals surface area contributed by atoms with Gasteiger partial charge in [-0.25, -0.2) is 9.67 Å². The van der Waals surface area contributed by atoms with E-state index < -0.39 is 0 Å². The number of aryl methyl sites for hydroxylation is 1. The van der Waals surface area contributed by atoms with Crippen LogP contribution in [0.15, 0.2) is 24.4 Å². The molecule has 1 saturated heterocycles. The van der Waals surface area contributed by atoms with Crippen molar-refractivity contribution in [3.63, 3.8) is 0 Å². The molecule has 6 heteroatoms. The molecule has 1 N–H and O–H groups in total. The minimum atomic E-state index is 0.338. The number of rotatable bonds is 6. The Morgan fingerprint density at radius 1 is 1.28 bits per heavy atom. The van der Waals surface area contributed by atoms with Crippen molar-refractivity contribution < 1.29 is 4.79 Å². The number of nitrogens with zero attached hydrogens (tertiary/aromatic N) is 4. The molecule has 3 heterocycles. The van der Waals surface area contributed by atoms with E-state index in [9.17, 15) is 4.79 Å². The number of carbonyl (C=O) groups excluding carboxylic acids is 1. The molecule has 6 nitrogen and oxygen atoms in total. The van der Waals surface area contributed by atoms with Gasteiger partial charge in [0.15, 0.2) is 5.82 Å². The van der Waals surface area contributed by atoms with Gasteiger partial charge in [0.05, 0.1) is 5.69 Å². The first-order chi connectivity index (χ1) is 12.1. The molecule has 2 fully saturated rings. The number of amides is 1. The summed E-state index contributed by atoms with van der Waals surface area (Å²) in [6.07, 6.45) is 4.86. The van der Waals surface area contributed by atoms with Crippen LogP contribution in [-0.4, -0.2) is 44.7 Å². The highest BCUT2D eigenvalue weighted by molar-refractivity contribution is 5.79. The standard InChI is InChI=1S/C19H25N5O/c1-13-17(14(2)24(22-13)18-5-3-4-8-21-18)11-20-10-15-9-19(25)23(12-15)16-6-7-16/h3-5,8,15-16,20H,6-7,9-12H2,1-2H3. The predicted octanol–water partition coefficient (Wildman–Crippen LogP) is 1.98. The van der Waals surface area contributed by atoms with Crippen LogP contribution in [0.2, 0.25) is 0 Å². The van der Waals surface area contributed by atoms with Gasteiger partial charge in [0.25, 0.3) is 0 Å². The molecule has 1 aliphatic carbocycles. The minimum Gasteiger partial charge on any atom is -0.339 e. The number of nitrogens with one attached hydrogen (secondary N) is 1. The molecule has 1 atom stereocenters. The lowest BCUT2D eigenvalue weighted by atomic mass is 10.1. The summed E-state index contributed by atoms with van der Waals surface area (Å²) in [5, 5.41) is 8.18. The van der Waals surface area contributed by atoms with Gasteiger partial charge in [0.2, 0.25) is 5.91 Å². The maximum absolute atomic E-state index is 12.0. The monoisotopic (exact) mass is 339 g/mol. The molecule has 1 saturated carbocycles. The predicted molar refractivity (Wildman–Crippen MR) is 95.4 cm³/mol. The molecule has 4 rings (SSSR count). The van der Waals surface area contributed by atoms with Crippen LogP contribution < -0.4 is 5.32 Å². The zero-order valence-electron chi connectivity index (χ0n) is 14.9. The number of likely N-dealkylation sites (tertiary alicyclic amines) is 1. The van der Waals surface area contributed by atoms with E-state index in [1.807, 2.05) is 29.8 Å². The van der Waals surface area contributed by atoms with E-state index in [2.05, 4.69) is 27.2 Å². The normalized spacial score (nSPS) is 20.5. The number of aromatic nitrogens is 3. The quantitative estimate of drug-likeness (QED) is 0.874. The molecule has 2 aliphatic rings. The lowest BCUT2D eigenvalue weighted by Gasteiger charge is -2.15. The molecular formula is C19H25N5O. The van der Waals surface area contributed by atoms with Crippen molar-refractivity contribution in [3.05, 3.63) is 41.3 Å². The molecule has 2 aromatic rings. The molecule has 1 aliphatic heterocycles. The van der Waals surface area contributed by atoms with Crippen molar-refractivity contribution in [2.45, 2.75) is 45.7 Å². The zero-order chi connectivity index (χ0) is 17.4. The number of hydrogen-bond acceptors (Lipinski definition) is 4. The lowest BCUT2D eigenvalue weighted by molar-refractivity contribution is -0.128. The summed E-state index contributed by atoms with van der Waals surface area (Å²) < 4.78 is 1.90. The fourth-order valence-electron chi connectivity index (χ4n) is 3.72. The van der Waals surface area contributed by atoms with Crippen LogP contribution in [0, 0.1) is 19.8 Å². The molecule has 1 amide bonds. The van der Waals surface area contributed by atoms with Crippen LogP contribution in [0.5, 0.6) is 0 Å². The van der Waals surface area contributed by atoms with Crippen LogP contribution in [0.4, 0.5) is 0 Å². The Morgan fingerprint density at radius 3 is 2.84 bits per heavy atom. The summed E-state index contributed by atoms with van der Waals surface area (Å²) in [4.78, 5) is 18.5. The lowest BCUT2D eigenvalue weighted by Crippen LogP contribution is -2.29. The van der Waals surface area contributed by atoms with Gasteiger partial charge in [-0.1, -0.05) is 6.07 Å². The fraction of sp³-hybridized carbons (Fsp3) is 0.526. The highest BCUT2D eigenvalue weighted by atomic mass is 16.2. The van der Waals surface area contributed by atoms with Crippen molar-refractivity contribution in [1.82, 2.24) is 25.0 Å². The van der Waals surface area contributed by atoms with E-state index in [1.54, 1.807) is 6.20 Å². The summed E-state index contributed by atoms with van der Waals surface area (Å²) in [6, 6.07) is 6.39. The fourth-order valence-corrected chi connectivity index (χ4v) is 3.72. The Labute approximate surface area is 148 Å². The molecule has 0 bridgehead atoms. The SMILES string of the molecule is Cc1nn(-c2ccccn2)c(C)c1CNCC1CC(=O)N(C2CC2)C1. The van der Waals surface area contributed by atoms with Gasteiger partial charge in [-0.05, 0) is 44.7 Å². The first-order valence-electron chi connectivity index (χ1n) is 9.10. The average molecular weight is 339 g/mol. The highest BCUT2D eigenvalue weighted by Gasteiger charge is 2.38. The zero-order valence-corrected chi connectivity index (χ0v) is 14.9. The third-order valence-electron chi connectivity index (χ3n) is 5.27. The van der Waals surface area contributed by atoms with E-state index in [-0.39, 0.29) is 0 Å². The van der Waals surface area contributed by atoms with Gasteiger partial charge in [-0.3, -0.25) is 4.79 Å². The van der Waals surface area contributed by atoms with Crippen molar-refractivity contribution >= 4 is 5.91 Å². The number of hydrogen-bond donors (Lipinski definition) is 1. The summed E-state index contributed by atoms with van der Waals surface area (Å²) >= 11 is 0. The Bertz CT molecular complexity index is 766. The van der Waals surface area contributed by atoms with Crippen LogP contribution >= 0.6 is 0 Å². The maximum atomic E-state index is 12.0. The maximum Gasteiger partial charge on any atom is 0.223 e. The Hall–Kier alpha value is -2.21. The highest BCUT2D eigenvalue weighted by Crippen LogP contribution is 2.32. The minimum absolute atomic E-state index is 0.338. The van der Waals surface area contributed by atoms with Gasteiger partial charge >= 0.3 is 0 Å². The summed E-state index contributed by atoms with van der Waals surface area (Å²) in [5.74, 6) is 1.61. The van der Waals surface area contributed by atoms with E-state index >= 15 is 0 Å². The van der Waals surface area contributed by atoms with E-state index in [0.717, 1.165) is 36.8 Å². The first kappa shape index (κ1) is 16.3. The summed E-state index contributed by atoms with van der Waals surface area (Å²) in [6.45, 7) is 6.69. The van der Waals surface area contributed by atoms with Gasteiger partial charge in [0, 0.05) is 49.6 Å². The Kier molecular flexibility index (Phi) is 4.29. The van der Waals surface area contributed by atoms with Crippen LogP contribution in [-0.2, 0) is 11.3 Å². The second-order valence-electron chi connectivity index (χ2n) is 7.23. The molecule has 1 unspecified atom stereocenters. The molecule has 132 valence electrons. The summed E-state index contributed by atoms with van der Waals surface area (Å²) in [5.41, 5.74) is 3.36. The molecule has 0 aromatic carbocycles. The van der Waals surface area contributed by atoms with Gasteiger partial charge < -0.3 is 10.2 Å². The third-order valence-corrected chi connectivity index (χ3v) is 5.27. The molecule has 25 heavy (non-hydrogen) atoms. The Balaban J connectivity index is 1.37. The molecule has 2 aromatic heterocycles. The van der Waals surface area contributed by atoms with Crippen molar-refractivity contribution in [1.29, 1.82) is 0 Å². The van der Waals surface area contributed by atoms with Crippen LogP contribution in [0.1, 0.15) is 36.2 Å².